The minimum absolute atomic E-state index is 0.0253. The largest absolute Gasteiger partial charge is 0.481 e. The Morgan fingerprint density at radius 3 is 1.95 bits per heavy atom. The molecule has 2 rings (SSSR count). The zero-order valence-electron chi connectivity index (χ0n) is 11.9. The lowest BCUT2D eigenvalue weighted by molar-refractivity contribution is -0.255. The predicted molar refractivity (Wildman–Crippen MR) is 70.9 cm³/mol. The van der Waals surface area contributed by atoms with Crippen LogP contribution in [0.3, 0.4) is 0 Å². The van der Waals surface area contributed by atoms with Gasteiger partial charge in [0.25, 0.3) is 0 Å². The molecule has 6 unspecified atom stereocenters. The molecular formula is C14H20O8. The Kier molecular flexibility index (Phi) is 5.02. The number of hydrogen-bond donors (Lipinski definition) is 4. The van der Waals surface area contributed by atoms with Crippen LogP contribution < -0.4 is 0 Å². The molecule has 22 heavy (non-hydrogen) atoms. The van der Waals surface area contributed by atoms with Gasteiger partial charge in [-0.05, 0) is 43.4 Å². The fourth-order valence-corrected chi connectivity index (χ4v) is 4.29. The number of carboxylic acids is 3. The fourth-order valence-electron chi connectivity index (χ4n) is 4.29. The Labute approximate surface area is 126 Å². The number of hydrogen-bond acceptors (Lipinski definition) is 5. The first-order chi connectivity index (χ1) is 10.3. The third-order valence-electron chi connectivity index (χ3n) is 5.12. The maximum atomic E-state index is 11.5. The van der Waals surface area contributed by atoms with Crippen LogP contribution in [0.25, 0.3) is 0 Å². The molecule has 0 aromatic rings. The van der Waals surface area contributed by atoms with Crippen molar-refractivity contribution in [2.75, 3.05) is 6.61 Å². The van der Waals surface area contributed by atoms with E-state index in [0.717, 1.165) is 0 Å². The van der Waals surface area contributed by atoms with Crippen LogP contribution in [0.15, 0.2) is 0 Å². The highest BCUT2D eigenvalue weighted by Crippen LogP contribution is 2.50. The number of fused-ring (bicyclic) bond motifs is 1. The highest BCUT2D eigenvalue weighted by atomic mass is 17.1. The molecule has 4 N–H and O–H groups in total. The van der Waals surface area contributed by atoms with Gasteiger partial charge in [-0.2, -0.15) is 0 Å². The van der Waals surface area contributed by atoms with Crippen molar-refractivity contribution in [3.63, 3.8) is 0 Å². The lowest BCUT2D eigenvalue weighted by Gasteiger charge is -2.47. The monoisotopic (exact) mass is 316 g/mol. The molecule has 0 heterocycles. The zero-order chi connectivity index (χ0) is 16.4. The van der Waals surface area contributed by atoms with Crippen molar-refractivity contribution in [1.29, 1.82) is 0 Å². The van der Waals surface area contributed by atoms with E-state index < -0.39 is 41.6 Å². The molecule has 2 aliphatic carbocycles. The van der Waals surface area contributed by atoms with Crippen LogP contribution in [0.5, 0.6) is 0 Å². The van der Waals surface area contributed by atoms with E-state index in [4.69, 9.17) is 5.26 Å². The van der Waals surface area contributed by atoms with Gasteiger partial charge in [-0.15, -0.1) is 0 Å². The molecule has 0 amide bonds. The first kappa shape index (κ1) is 16.7. The molecule has 8 nitrogen and oxygen atoms in total. The van der Waals surface area contributed by atoms with Gasteiger partial charge in [0.05, 0.1) is 24.4 Å². The molecule has 0 bridgehead atoms. The number of carboxylic acid groups (broad SMARTS) is 3. The maximum absolute atomic E-state index is 11.5. The first-order valence-electron chi connectivity index (χ1n) is 7.29. The lowest BCUT2D eigenvalue weighted by Crippen LogP contribution is -2.49. The average Bonchev–Trinajstić information content (AvgIpc) is 2.44. The molecule has 0 aromatic heterocycles. The number of aliphatic carboxylic acids is 3. The zero-order valence-corrected chi connectivity index (χ0v) is 11.9. The Hall–Kier alpha value is -1.67. The summed E-state index contributed by atoms with van der Waals surface area (Å²) in [5, 5.41) is 36.6. The van der Waals surface area contributed by atoms with Crippen molar-refractivity contribution in [2.24, 2.45) is 35.5 Å². The van der Waals surface area contributed by atoms with Crippen LogP contribution in [0, 0.1) is 35.5 Å². The van der Waals surface area contributed by atoms with E-state index in [1.54, 1.807) is 0 Å². The Morgan fingerprint density at radius 1 is 0.864 bits per heavy atom. The molecular weight excluding hydrogens is 296 g/mol. The van der Waals surface area contributed by atoms with Crippen molar-refractivity contribution >= 4 is 17.9 Å². The third-order valence-corrected chi connectivity index (χ3v) is 5.12. The van der Waals surface area contributed by atoms with Gasteiger partial charge in [0.15, 0.2) is 0 Å². The van der Waals surface area contributed by atoms with Crippen molar-refractivity contribution in [2.45, 2.75) is 25.7 Å². The Bertz CT molecular complexity index is 462. The summed E-state index contributed by atoms with van der Waals surface area (Å²) < 4.78 is 0. The van der Waals surface area contributed by atoms with Crippen molar-refractivity contribution < 1.29 is 39.8 Å². The molecule has 0 radical (unpaired) electrons. The summed E-state index contributed by atoms with van der Waals surface area (Å²) in [6, 6.07) is 0. The molecule has 0 spiro atoms. The summed E-state index contributed by atoms with van der Waals surface area (Å²) in [5.41, 5.74) is 0. The van der Waals surface area contributed by atoms with E-state index in [-0.39, 0.29) is 37.7 Å². The maximum Gasteiger partial charge on any atom is 0.306 e. The van der Waals surface area contributed by atoms with Gasteiger partial charge in [0.2, 0.25) is 0 Å². The van der Waals surface area contributed by atoms with Gasteiger partial charge in [-0.3, -0.25) is 19.6 Å². The topological polar surface area (TPSA) is 141 Å². The minimum Gasteiger partial charge on any atom is -0.481 e. The van der Waals surface area contributed by atoms with E-state index in [1.807, 2.05) is 0 Å². The second-order valence-electron chi connectivity index (χ2n) is 6.37. The number of carbonyl (C=O) groups is 3. The summed E-state index contributed by atoms with van der Waals surface area (Å²) in [4.78, 5) is 38.4. The molecule has 2 fully saturated rings. The van der Waals surface area contributed by atoms with E-state index in [0.29, 0.717) is 6.42 Å². The van der Waals surface area contributed by atoms with Crippen LogP contribution in [0.4, 0.5) is 0 Å². The second-order valence-corrected chi connectivity index (χ2v) is 6.37. The predicted octanol–water partition coefficient (Wildman–Crippen LogP) is 1.01. The van der Waals surface area contributed by atoms with Gasteiger partial charge >= 0.3 is 17.9 Å². The second kappa shape index (κ2) is 6.62. The van der Waals surface area contributed by atoms with Crippen LogP contribution in [-0.2, 0) is 19.3 Å². The normalized spacial score (nSPS) is 38.0. The fraction of sp³-hybridized carbons (Fsp3) is 0.786. The van der Waals surface area contributed by atoms with E-state index in [9.17, 15) is 29.7 Å². The third kappa shape index (κ3) is 3.22. The highest BCUT2D eigenvalue weighted by Gasteiger charge is 2.52. The average molecular weight is 316 g/mol. The smallest absolute Gasteiger partial charge is 0.306 e. The van der Waals surface area contributed by atoms with Crippen LogP contribution in [-0.4, -0.2) is 45.1 Å². The van der Waals surface area contributed by atoms with Gasteiger partial charge < -0.3 is 15.3 Å². The summed E-state index contributed by atoms with van der Waals surface area (Å²) in [6.07, 6.45) is 0.952. The van der Waals surface area contributed by atoms with Crippen molar-refractivity contribution in [1.82, 2.24) is 0 Å². The van der Waals surface area contributed by atoms with Crippen LogP contribution >= 0.6 is 0 Å². The molecule has 6 atom stereocenters. The molecule has 0 aromatic carbocycles. The molecule has 0 saturated heterocycles. The highest BCUT2D eigenvalue weighted by molar-refractivity contribution is 5.77. The van der Waals surface area contributed by atoms with Gasteiger partial charge in [0, 0.05) is 0 Å². The van der Waals surface area contributed by atoms with E-state index in [2.05, 4.69) is 4.89 Å². The molecule has 0 aliphatic heterocycles. The summed E-state index contributed by atoms with van der Waals surface area (Å²) in [7, 11) is 0. The van der Waals surface area contributed by atoms with Gasteiger partial charge in [0.1, 0.15) is 0 Å². The van der Waals surface area contributed by atoms with Gasteiger partial charge in [-0.1, -0.05) is 0 Å². The standard InChI is InChI=1S/C14H20O8/c15-12(16)8-3-7-1-6(5-22-21)2-9(13(17)18)11(7)10(4-8)14(19)20/h6-11,21H,1-5H2,(H,15,16)(H,17,18)(H,19,20). The quantitative estimate of drug-likeness (QED) is 0.435. The first-order valence-corrected chi connectivity index (χ1v) is 7.29. The van der Waals surface area contributed by atoms with E-state index in [1.165, 1.54) is 0 Å². The number of rotatable bonds is 5. The summed E-state index contributed by atoms with van der Waals surface area (Å²) in [6.45, 7) is -0.0253. The van der Waals surface area contributed by atoms with E-state index >= 15 is 0 Å². The van der Waals surface area contributed by atoms with Crippen LogP contribution in [0.2, 0.25) is 0 Å². The SMILES string of the molecule is O=C(O)C1CC2CC(COO)CC(C(=O)O)C2C(C(=O)O)C1. The molecule has 8 heteroatoms. The lowest BCUT2D eigenvalue weighted by atomic mass is 9.56. The minimum atomic E-state index is -1.14. The van der Waals surface area contributed by atoms with Crippen LogP contribution in [0.1, 0.15) is 25.7 Å². The summed E-state index contributed by atoms with van der Waals surface area (Å²) in [5.74, 6) is -6.92. The molecule has 2 saturated carbocycles. The van der Waals surface area contributed by atoms with Gasteiger partial charge in [-0.25, -0.2) is 4.89 Å². The van der Waals surface area contributed by atoms with Crippen molar-refractivity contribution in [3.8, 4) is 0 Å². The molecule has 124 valence electrons. The summed E-state index contributed by atoms with van der Waals surface area (Å²) >= 11 is 0. The van der Waals surface area contributed by atoms with Crippen molar-refractivity contribution in [3.05, 3.63) is 0 Å². The molecule has 2 aliphatic rings. The Balaban J connectivity index is 2.29. The Morgan fingerprint density at radius 2 is 1.45 bits per heavy atom.